The molecule has 1 aromatic rings. The number of benzene rings is 1. The maximum absolute atomic E-state index is 12.2. The van der Waals surface area contributed by atoms with E-state index in [4.69, 9.17) is 0 Å². The van der Waals surface area contributed by atoms with Crippen LogP contribution in [0.4, 0.5) is 0 Å². The quantitative estimate of drug-likeness (QED) is 0.825. The van der Waals surface area contributed by atoms with E-state index in [1.807, 2.05) is 18.2 Å². The maximum Gasteiger partial charge on any atom is 0.233 e. The highest BCUT2D eigenvalue weighted by molar-refractivity contribution is 5.85. The summed E-state index contributed by atoms with van der Waals surface area (Å²) < 4.78 is 0. The molecule has 0 unspecified atom stereocenters. The molecule has 0 radical (unpaired) electrons. The number of carbonyl (C=O) groups is 1. The summed E-state index contributed by atoms with van der Waals surface area (Å²) in [6.45, 7) is 2.08. The zero-order valence-corrected chi connectivity index (χ0v) is 15.1. The van der Waals surface area contributed by atoms with Gasteiger partial charge in [0, 0.05) is 13.1 Å². The minimum Gasteiger partial charge on any atom is -0.354 e. The Morgan fingerprint density at radius 2 is 1.58 bits per heavy atom. The topological polar surface area (TPSA) is 41.1 Å². The van der Waals surface area contributed by atoms with Gasteiger partial charge < -0.3 is 10.6 Å². The summed E-state index contributed by atoms with van der Waals surface area (Å²) in [7, 11) is 0. The minimum atomic E-state index is 0. The third kappa shape index (κ3) is 3.94. The van der Waals surface area contributed by atoms with Crippen molar-refractivity contribution in [1.82, 2.24) is 10.6 Å². The van der Waals surface area contributed by atoms with Crippen LogP contribution in [-0.2, 0) is 11.3 Å². The fourth-order valence-corrected chi connectivity index (χ4v) is 5.77. The molecular formula is C20H29ClN2O. The monoisotopic (exact) mass is 348 g/mol. The fraction of sp³-hybridized carbons (Fsp3) is 0.650. The van der Waals surface area contributed by atoms with Crippen molar-refractivity contribution in [2.24, 2.45) is 23.2 Å². The highest BCUT2D eigenvalue weighted by atomic mass is 35.5. The Hall–Kier alpha value is -1.06. The smallest absolute Gasteiger partial charge is 0.233 e. The number of hydrogen-bond donors (Lipinski definition) is 2. The standard InChI is InChI=1S/C20H28N2O.ClH/c23-19(13-21-12-15-4-2-1-3-5-15)22-14-20-9-16-6-17(10-20)8-18(7-16)11-20;/h1-5,16-18,21H,6-14H2,(H,22,23);1H. The highest BCUT2D eigenvalue weighted by Gasteiger charge is 2.50. The second-order valence-electron chi connectivity index (χ2n) is 8.28. The molecule has 24 heavy (non-hydrogen) atoms. The molecule has 0 aromatic heterocycles. The average Bonchev–Trinajstić information content (AvgIpc) is 2.53. The predicted octanol–water partition coefficient (Wildman–Crippen LogP) is 3.53. The Kier molecular flexibility index (Phi) is 5.51. The van der Waals surface area contributed by atoms with Crippen LogP contribution in [0.5, 0.6) is 0 Å². The Morgan fingerprint density at radius 1 is 1.00 bits per heavy atom. The Balaban J connectivity index is 0.00000169. The fourth-order valence-electron chi connectivity index (χ4n) is 5.77. The molecule has 2 N–H and O–H groups in total. The average molecular weight is 349 g/mol. The van der Waals surface area contributed by atoms with Gasteiger partial charge in [-0.2, -0.15) is 0 Å². The van der Waals surface area contributed by atoms with Gasteiger partial charge in [0.15, 0.2) is 0 Å². The SMILES string of the molecule is Cl.O=C(CNCc1ccccc1)NCC12CC3CC(CC(C3)C1)C2. The summed E-state index contributed by atoms with van der Waals surface area (Å²) in [6.07, 6.45) is 8.47. The van der Waals surface area contributed by atoms with Gasteiger partial charge in [0.05, 0.1) is 6.54 Å². The van der Waals surface area contributed by atoms with E-state index in [-0.39, 0.29) is 18.3 Å². The first kappa shape index (κ1) is 17.8. The zero-order chi connectivity index (χ0) is 15.7. The van der Waals surface area contributed by atoms with Crippen LogP contribution in [0.25, 0.3) is 0 Å². The van der Waals surface area contributed by atoms with Crippen molar-refractivity contribution >= 4 is 18.3 Å². The summed E-state index contributed by atoms with van der Waals surface area (Å²) in [4.78, 5) is 12.2. The van der Waals surface area contributed by atoms with E-state index in [0.29, 0.717) is 12.0 Å². The predicted molar refractivity (Wildman–Crippen MR) is 99.0 cm³/mol. The first-order valence-corrected chi connectivity index (χ1v) is 9.22. The molecular weight excluding hydrogens is 320 g/mol. The number of rotatable bonds is 6. The van der Waals surface area contributed by atoms with Gasteiger partial charge in [-0.1, -0.05) is 30.3 Å². The molecule has 4 aliphatic rings. The van der Waals surface area contributed by atoms with Crippen LogP contribution in [0.3, 0.4) is 0 Å². The molecule has 4 bridgehead atoms. The van der Waals surface area contributed by atoms with Crippen LogP contribution in [0, 0.1) is 23.2 Å². The van der Waals surface area contributed by atoms with Crippen molar-refractivity contribution in [3.63, 3.8) is 0 Å². The van der Waals surface area contributed by atoms with Gasteiger partial charge in [-0.25, -0.2) is 0 Å². The van der Waals surface area contributed by atoms with Crippen molar-refractivity contribution in [3.8, 4) is 0 Å². The number of hydrogen-bond acceptors (Lipinski definition) is 2. The normalized spacial score (nSPS) is 33.1. The Labute approximate surface area is 151 Å². The molecule has 4 saturated carbocycles. The number of nitrogens with one attached hydrogen (secondary N) is 2. The highest BCUT2D eigenvalue weighted by Crippen LogP contribution is 2.59. The van der Waals surface area contributed by atoms with Crippen LogP contribution in [0.2, 0.25) is 0 Å². The summed E-state index contributed by atoms with van der Waals surface area (Å²) in [5.41, 5.74) is 1.66. The largest absolute Gasteiger partial charge is 0.354 e. The first-order chi connectivity index (χ1) is 11.2. The van der Waals surface area contributed by atoms with Crippen LogP contribution in [0.15, 0.2) is 30.3 Å². The van der Waals surface area contributed by atoms with E-state index in [0.717, 1.165) is 30.8 Å². The lowest BCUT2D eigenvalue weighted by Crippen LogP contribution is -2.51. The molecule has 1 amide bonds. The molecule has 0 aliphatic heterocycles. The molecule has 0 spiro atoms. The molecule has 5 rings (SSSR count). The molecule has 0 atom stereocenters. The van der Waals surface area contributed by atoms with Crippen LogP contribution >= 0.6 is 12.4 Å². The third-order valence-corrected chi connectivity index (χ3v) is 6.28. The third-order valence-electron chi connectivity index (χ3n) is 6.28. The van der Waals surface area contributed by atoms with Crippen molar-refractivity contribution in [2.45, 2.75) is 45.1 Å². The van der Waals surface area contributed by atoms with Gasteiger partial charge in [0.1, 0.15) is 0 Å². The summed E-state index contributed by atoms with van der Waals surface area (Å²) in [5, 5.41) is 6.47. The van der Waals surface area contributed by atoms with Gasteiger partial charge in [-0.3, -0.25) is 4.79 Å². The van der Waals surface area contributed by atoms with E-state index >= 15 is 0 Å². The molecule has 1 aromatic carbocycles. The number of carbonyl (C=O) groups excluding carboxylic acids is 1. The lowest BCUT2D eigenvalue weighted by Gasteiger charge is -2.56. The van der Waals surface area contributed by atoms with Gasteiger partial charge in [-0.05, 0) is 67.3 Å². The van der Waals surface area contributed by atoms with Crippen LogP contribution in [0.1, 0.15) is 44.1 Å². The van der Waals surface area contributed by atoms with E-state index in [1.165, 1.54) is 44.1 Å². The molecule has 0 saturated heterocycles. The molecule has 4 heteroatoms. The summed E-state index contributed by atoms with van der Waals surface area (Å²) >= 11 is 0. The minimum absolute atomic E-state index is 0. The number of amides is 1. The molecule has 132 valence electrons. The Morgan fingerprint density at radius 3 is 2.17 bits per heavy atom. The van der Waals surface area contributed by atoms with Crippen LogP contribution < -0.4 is 10.6 Å². The lowest BCUT2D eigenvalue weighted by atomic mass is 9.49. The van der Waals surface area contributed by atoms with Gasteiger partial charge in [0.25, 0.3) is 0 Å². The maximum atomic E-state index is 12.2. The van der Waals surface area contributed by atoms with Gasteiger partial charge >= 0.3 is 0 Å². The van der Waals surface area contributed by atoms with Gasteiger partial charge in [-0.15, -0.1) is 12.4 Å². The lowest BCUT2D eigenvalue weighted by molar-refractivity contribution is -0.122. The van der Waals surface area contributed by atoms with Crippen molar-refractivity contribution < 1.29 is 4.79 Å². The summed E-state index contributed by atoms with van der Waals surface area (Å²) in [5.74, 6) is 3.01. The van der Waals surface area contributed by atoms with Crippen molar-refractivity contribution in [2.75, 3.05) is 13.1 Å². The second kappa shape index (κ2) is 7.45. The number of halogens is 1. The second-order valence-corrected chi connectivity index (χ2v) is 8.28. The molecule has 4 fully saturated rings. The Bertz CT molecular complexity index is 525. The van der Waals surface area contributed by atoms with E-state index in [2.05, 4.69) is 22.8 Å². The van der Waals surface area contributed by atoms with Crippen molar-refractivity contribution in [1.29, 1.82) is 0 Å². The van der Waals surface area contributed by atoms with Gasteiger partial charge in [0.2, 0.25) is 5.91 Å². The van der Waals surface area contributed by atoms with Crippen molar-refractivity contribution in [3.05, 3.63) is 35.9 Å². The summed E-state index contributed by atoms with van der Waals surface area (Å²) in [6, 6.07) is 10.2. The van der Waals surface area contributed by atoms with Crippen LogP contribution in [-0.4, -0.2) is 19.0 Å². The van der Waals surface area contributed by atoms with E-state index < -0.39 is 0 Å². The van der Waals surface area contributed by atoms with E-state index in [9.17, 15) is 4.79 Å². The van der Waals surface area contributed by atoms with E-state index in [1.54, 1.807) is 0 Å². The molecule has 4 aliphatic carbocycles. The molecule has 3 nitrogen and oxygen atoms in total. The molecule has 0 heterocycles. The first-order valence-electron chi connectivity index (χ1n) is 9.22. The zero-order valence-electron chi connectivity index (χ0n) is 14.3.